The van der Waals surface area contributed by atoms with Gasteiger partial charge in [0.15, 0.2) is 0 Å². The molecule has 0 aliphatic carbocycles. The van der Waals surface area contributed by atoms with Gasteiger partial charge in [0.1, 0.15) is 0 Å². The van der Waals surface area contributed by atoms with Crippen molar-refractivity contribution in [2.24, 2.45) is 0 Å². The van der Waals surface area contributed by atoms with Crippen LogP contribution in [0.5, 0.6) is 0 Å². The van der Waals surface area contributed by atoms with Crippen LogP contribution in [0.4, 0.5) is 0 Å². The monoisotopic (exact) mass is 288 g/mol. The van der Waals surface area contributed by atoms with Crippen LogP contribution in [0, 0.1) is 0 Å². The van der Waals surface area contributed by atoms with Gasteiger partial charge in [-0.1, -0.05) is 45.0 Å². The van der Waals surface area contributed by atoms with Crippen molar-refractivity contribution >= 4 is 11.8 Å². The van der Waals surface area contributed by atoms with Crippen molar-refractivity contribution in [2.45, 2.75) is 43.4 Å². The predicted molar refractivity (Wildman–Crippen MR) is 83.1 cm³/mol. The maximum absolute atomic E-state index is 9.67. The summed E-state index contributed by atoms with van der Waals surface area (Å²) in [6.45, 7) is 6.77. The quantitative estimate of drug-likeness (QED) is 0.507. The van der Waals surface area contributed by atoms with Crippen LogP contribution in [-0.2, 0) is 11.2 Å². The molecule has 2 rings (SSSR count). The second kappa shape index (κ2) is 6.31. The summed E-state index contributed by atoms with van der Waals surface area (Å²) in [4.78, 5) is 0. The maximum Gasteiger partial charge on any atom is 0.291 e. The van der Waals surface area contributed by atoms with Gasteiger partial charge in [-0.3, -0.25) is 5.21 Å². The molecule has 0 saturated heterocycles. The van der Waals surface area contributed by atoms with Crippen molar-refractivity contribution in [3.63, 3.8) is 0 Å². The van der Waals surface area contributed by atoms with Gasteiger partial charge in [-0.05, 0) is 40.8 Å². The molecule has 2 aromatic rings. The van der Waals surface area contributed by atoms with E-state index in [1.54, 1.807) is 18.0 Å². The Kier molecular flexibility index (Phi) is 4.71. The Balaban J connectivity index is 2.03. The van der Waals surface area contributed by atoms with Gasteiger partial charge in [0.2, 0.25) is 6.20 Å². The van der Waals surface area contributed by atoms with Crippen LogP contribution in [-0.4, -0.2) is 5.21 Å². The number of hydrogen-bond acceptors (Lipinski definition) is 2. The molecule has 1 heterocycles. The van der Waals surface area contributed by atoms with E-state index in [4.69, 9.17) is 0 Å². The minimum Gasteiger partial charge on any atom is -0.284 e. The van der Waals surface area contributed by atoms with Gasteiger partial charge in [0.25, 0.3) is 5.03 Å². The van der Waals surface area contributed by atoms with E-state index in [0.29, 0.717) is 0 Å². The van der Waals surface area contributed by atoms with E-state index in [1.807, 2.05) is 18.2 Å². The summed E-state index contributed by atoms with van der Waals surface area (Å²) in [7, 11) is 0. The van der Waals surface area contributed by atoms with Crippen LogP contribution < -0.4 is 4.73 Å². The van der Waals surface area contributed by atoms with Crippen LogP contribution in [0.3, 0.4) is 0 Å². The van der Waals surface area contributed by atoms with Crippen molar-refractivity contribution in [2.75, 3.05) is 0 Å². The number of thioether (sulfide) groups is 1. The SMILES string of the molecule is CCC(C)(C)c1ccc(CSc2cccc[n+]2O)cc1. The molecular formula is C17H22NOS+. The van der Waals surface area contributed by atoms with Gasteiger partial charge >= 0.3 is 0 Å². The molecule has 0 saturated carbocycles. The van der Waals surface area contributed by atoms with Crippen LogP contribution in [0.25, 0.3) is 0 Å². The molecule has 0 amide bonds. The lowest BCUT2D eigenvalue weighted by molar-refractivity contribution is -0.932. The van der Waals surface area contributed by atoms with Crippen molar-refractivity contribution in [3.05, 3.63) is 59.8 Å². The Morgan fingerprint density at radius 2 is 1.80 bits per heavy atom. The average molecular weight is 288 g/mol. The highest BCUT2D eigenvalue weighted by atomic mass is 32.2. The zero-order valence-corrected chi connectivity index (χ0v) is 13.2. The smallest absolute Gasteiger partial charge is 0.284 e. The van der Waals surface area contributed by atoms with Gasteiger partial charge in [0, 0.05) is 22.6 Å². The fraction of sp³-hybridized carbons (Fsp3) is 0.353. The van der Waals surface area contributed by atoms with Gasteiger partial charge in [-0.25, -0.2) is 0 Å². The highest BCUT2D eigenvalue weighted by Crippen LogP contribution is 2.27. The first-order valence-corrected chi connectivity index (χ1v) is 7.93. The zero-order chi connectivity index (χ0) is 14.6. The fourth-order valence-corrected chi connectivity index (χ4v) is 2.82. The molecule has 3 heteroatoms. The third-order valence-corrected chi connectivity index (χ3v) is 4.91. The molecule has 0 aliphatic heterocycles. The van der Waals surface area contributed by atoms with E-state index in [0.717, 1.165) is 17.2 Å². The lowest BCUT2D eigenvalue weighted by Gasteiger charge is -2.23. The summed E-state index contributed by atoms with van der Waals surface area (Å²) < 4.78 is 1.17. The summed E-state index contributed by atoms with van der Waals surface area (Å²) >= 11 is 1.63. The van der Waals surface area contributed by atoms with Crippen LogP contribution in [0.15, 0.2) is 53.7 Å². The molecule has 1 N–H and O–H groups in total. The molecule has 20 heavy (non-hydrogen) atoms. The highest BCUT2D eigenvalue weighted by molar-refractivity contribution is 7.98. The number of aromatic nitrogens is 1. The molecule has 2 nitrogen and oxygen atoms in total. The highest BCUT2D eigenvalue weighted by Gasteiger charge is 2.17. The molecule has 1 aromatic carbocycles. The molecule has 0 bridgehead atoms. The molecule has 0 unspecified atom stereocenters. The normalized spacial score (nSPS) is 11.6. The number of nitrogens with zero attached hydrogens (tertiary/aromatic N) is 1. The van der Waals surface area contributed by atoms with Crippen LogP contribution >= 0.6 is 11.8 Å². The summed E-state index contributed by atoms with van der Waals surface area (Å²) in [5, 5.41) is 10.5. The molecule has 0 aliphatic rings. The summed E-state index contributed by atoms with van der Waals surface area (Å²) in [5.41, 5.74) is 2.89. The van der Waals surface area contributed by atoms with Crippen LogP contribution in [0.2, 0.25) is 0 Å². The Morgan fingerprint density at radius 3 is 2.40 bits per heavy atom. The third-order valence-electron chi connectivity index (χ3n) is 3.81. The Morgan fingerprint density at radius 1 is 1.10 bits per heavy atom. The summed E-state index contributed by atoms with van der Waals surface area (Å²) in [6.07, 6.45) is 2.78. The topological polar surface area (TPSA) is 24.1 Å². The molecule has 0 spiro atoms. The molecule has 0 atom stereocenters. The summed E-state index contributed by atoms with van der Waals surface area (Å²) in [5.74, 6) is 0.859. The number of benzene rings is 1. The van der Waals surface area contributed by atoms with Crippen LogP contribution in [0.1, 0.15) is 38.3 Å². The van der Waals surface area contributed by atoms with E-state index in [-0.39, 0.29) is 5.41 Å². The Labute approximate surface area is 125 Å². The Bertz CT molecular complexity index is 563. The van der Waals surface area contributed by atoms with Crippen molar-refractivity contribution in [1.82, 2.24) is 0 Å². The van der Waals surface area contributed by atoms with E-state index >= 15 is 0 Å². The molecule has 106 valence electrons. The first kappa shape index (κ1) is 14.9. The summed E-state index contributed by atoms with van der Waals surface area (Å²) in [6, 6.07) is 14.5. The van der Waals surface area contributed by atoms with E-state index in [9.17, 15) is 5.21 Å². The van der Waals surface area contributed by atoms with Crippen molar-refractivity contribution < 1.29 is 9.94 Å². The second-order valence-corrected chi connectivity index (χ2v) is 6.60. The predicted octanol–water partition coefficient (Wildman–Crippen LogP) is 4.19. The second-order valence-electron chi connectivity index (χ2n) is 5.61. The van der Waals surface area contributed by atoms with Gasteiger partial charge < -0.3 is 0 Å². The number of rotatable bonds is 5. The Hall–Kier alpha value is -1.48. The lowest BCUT2D eigenvalue weighted by atomic mass is 9.82. The van der Waals surface area contributed by atoms with Crippen molar-refractivity contribution in [1.29, 1.82) is 0 Å². The first-order chi connectivity index (χ1) is 9.53. The molecule has 0 radical (unpaired) electrons. The van der Waals surface area contributed by atoms with E-state index in [2.05, 4.69) is 45.0 Å². The first-order valence-electron chi connectivity index (χ1n) is 6.95. The fourth-order valence-electron chi connectivity index (χ4n) is 1.95. The molecule has 1 aromatic heterocycles. The zero-order valence-electron chi connectivity index (χ0n) is 12.3. The standard InChI is InChI=1S/C17H22NOS/c1-4-17(2,3)15-10-8-14(9-11-15)13-20-16-7-5-6-12-18(16)19/h5-12,19H,4,13H2,1-3H3/q+1. The number of hydrogen-bond donors (Lipinski definition) is 1. The van der Waals surface area contributed by atoms with Gasteiger partial charge in [0.05, 0.1) is 0 Å². The molecular weight excluding hydrogens is 266 g/mol. The maximum atomic E-state index is 9.67. The third kappa shape index (κ3) is 3.54. The minimum absolute atomic E-state index is 0.235. The van der Waals surface area contributed by atoms with Gasteiger partial charge in [-0.2, -0.15) is 0 Å². The largest absolute Gasteiger partial charge is 0.291 e. The lowest BCUT2D eigenvalue weighted by Crippen LogP contribution is -2.31. The minimum atomic E-state index is 0.235. The molecule has 0 fully saturated rings. The van der Waals surface area contributed by atoms with Crippen molar-refractivity contribution in [3.8, 4) is 0 Å². The van der Waals surface area contributed by atoms with Gasteiger partial charge in [-0.15, -0.1) is 0 Å². The number of pyridine rings is 1. The van der Waals surface area contributed by atoms with E-state index < -0.39 is 0 Å². The average Bonchev–Trinajstić information content (AvgIpc) is 2.47. The van der Waals surface area contributed by atoms with E-state index in [1.165, 1.54) is 15.9 Å².